The van der Waals surface area contributed by atoms with Crippen LogP contribution in [0.4, 0.5) is 5.69 Å². The van der Waals surface area contributed by atoms with E-state index < -0.39 is 15.6 Å². The van der Waals surface area contributed by atoms with Gasteiger partial charge in [0.1, 0.15) is 6.54 Å². The fourth-order valence-corrected chi connectivity index (χ4v) is 3.16. The number of nitrogens with zero attached hydrogens (tertiary/aromatic N) is 1. The van der Waals surface area contributed by atoms with Gasteiger partial charge in [0.05, 0.1) is 11.9 Å². The second kappa shape index (κ2) is 6.51. The van der Waals surface area contributed by atoms with Crippen LogP contribution in [-0.4, -0.2) is 32.7 Å². The number of rotatable bonds is 4. The number of hydrogen-bond donors (Lipinski definition) is 1. The lowest BCUT2D eigenvalue weighted by Crippen LogP contribution is -2.47. The number of sulfonamides is 1. The Morgan fingerprint density at radius 3 is 2.04 bits per heavy atom. The lowest BCUT2D eigenvalue weighted by Gasteiger charge is -2.30. The van der Waals surface area contributed by atoms with Crippen molar-refractivity contribution in [1.29, 1.82) is 0 Å². The zero-order chi connectivity index (χ0) is 18.1. The largest absolute Gasteiger partial charge is 0.350 e. The molecule has 5 nitrogen and oxygen atoms in total. The lowest BCUT2D eigenvalue weighted by molar-refractivity contribution is -0.121. The summed E-state index contributed by atoms with van der Waals surface area (Å²) in [7, 11) is -3.58. The van der Waals surface area contributed by atoms with Gasteiger partial charge in [-0.3, -0.25) is 9.10 Å². The molecule has 1 aromatic carbocycles. The molecule has 23 heavy (non-hydrogen) atoms. The molecule has 6 heteroatoms. The van der Waals surface area contributed by atoms with E-state index in [9.17, 15) is 13.2 Å². The van der Waals surface area contributed by atoms with Crippen LogP contribution >= 0.6 is 0 Å². The molecule has 1 rings (SSSR count). The van der Waals surface area contributed by atoms with Crippen molar-refractivity contribution in [2.75, 3.05) is 17.1 Å². The molecule has 130 valence electrons. The first-order valence-electron chi connectivity index (χ1n) is 7.60. The summed E-state index contributed by atoms with van der Waals surface area (Å²) in [5.74, 6) is -0.327. The molecule has 0 saturated carbocycles. The van der Waals surface area contributed by atoms with E-state index in [4.69, 9.17) is 0 Å². The second-order valence-electron chi connectivity index (χ2n) is 7.83. The van der Waals surface area contributed by atoms with Gasteiger partial charge in [-0.25, -0.2) is 8.42 Å². The van der Waals surface area contributed by atoms with Gasteiger partial charge in [-0.2, -0.15) is 0 Å². The molecular formula is C17H28N2O3S. The quantitative estimate of drug-likeness (QED) is 0.916. The fraction of sp³-hybridized carbons (Fsp3) is 0.588. The number of hydrogen-bond acceptors (Lipinski definition) is 3. The topological polar surface area (TPSA) is 66.5 Å². The molecule has 1 amide bonds. The third-order valence-corrected chi connectivity index (χ3v) is 4.31. The molecule has 0 aliphatic rings. The summed E-state index contributed by atoms with van der Waals surface area (Å²) in [6.07, 6.45) is 1.12. The third kappa shape index (κ3) is 5.86. The number of carbonyl (C=O) groups is 1. The van der Waals surface area contributed by atoms with Crippen LogP contribution in [-0.2, 0) is 20.2 Å². The summed E-state index contributed by atoms with van der Waals surface area (Å²) in [5.41, 5.74) is 0.782. The SMILES string of the molecule is CC(C)(C)NC(=O)CN(c1ccccc1C(C)(C)C)S(C)(=O)=O. The van der Waals surface area contributed by atoms with Crippen LogP contribution in [0.25, 0.3) is 0 Å². The van der Waals surface area contributed by atoms with Gasteiger partial charge in [0.15, 0.2) is 0 Å². The van der Waals surface area contributed by atoms with E-state index >= 15 is 0 Å². The number of benzene rings is 1. The van der Waals surface area contributed by atoms with Crippen LogP contribution in [0.3, 0.4) is 0 Å². The van der Waals surface area contributed by atoms with Crippen LogP contribution in [0.2, 0.25) is 0 Å². The van der Waals surface area contributed by atoms with E-state index in [1.165, 1.54) is 4.31 Å². The Bertz CT molecular complexity index is 668. The van der Waals surface area contributed by atoms with Crippen molar-refractivity contribution in [3.63, 3.8) is 0 Å². The molecule has 0 bridgehead atoms. The van der Waals surface area contributed by atoms with E-state index in [0.717, 1.165) is 11.8 Å². The Morgan fingerprint density at radius 1 is 1.09 bits per heavy atom. The first-order chi connectivity index (χ1) is 10.2. The van der Waals surface area contributed by atoms with Crippen molar-refractivity contribution in [2.45, 2.75) is 52.5 Å². The van der Waals surface area contributed by atoms with Gasteiger partial charge >= 0.3 is 0 Å². The van der Waals surface area contributed by atoms with Crippen molar-refractivity contribution in [3.8, 4) is 0 Å². The minimum absolute atomic E-state index is 0.233. The molecule has 0 aliphatic heterocycles. The molecule has 0 spiro atoms. The minimum Gasteiger partial charge on any atom is -0.350 e. The average molecular weight is 340 g/mol. The van der Waals surface area contributed by atoms with E-state index in [2.05, 4.69) is 5.32 Å². The zero-order valence-corrected chi connectivity index (χ0v) is 15.9. The Labute approximate surface area is 140 Å². The summed E-state index contributed by atoms with van der Waals surface area (Å²) < 4.78 is 25.7. The van der Waals surface area contributed by atoms with E-state index in [1.54, 1.807) is 12.1 Å². The Balaban J connectivity index is 3.29. The van der Waals surface area contributed by atoms with Crippen LogP contribution < -0.4 is 9.62 Å². The number of anilines is 1. The standard InChI is InChI=1S/C17H28N2O3S/c1-16(2,3)13-10-8-9-11-14(13)19(23(7,21)22)12-15(20)18-17(4,5)6/h8-11H,12H2,1-7H3,(H,18,20). The predicted molar refractivity (Wildman–Crippen MR) is 95.2 cm³/mol. The Hall–Kier alpha value is -1.56. The van der Waals surface area contributed by atoms with Crippen molar-refractivity contribution in [1.82, 2.24) is 5.32 Å². The molecular weight excluding hydrogens is 312 g/mol. The first-order valence-corrected chi connectivity index (χ1v) is 9.45. The Morgan fingerprint density at radius 2 is 1.61 bits per heavy atom. The molecule has 0 saturated heterocycles. The molecule has 0 aliphatic carbocycles. The molecule has 0 atom stereocenters. The van der Waals surface area contributed by atoms with Gasteiger partial charge in [-0.1, -0.05) is 39.0 Å². The summed E-state index contributed by atoms with van der Waals surface area (Å²) in [6.45, 7) is 11.4. The monoisotopic (exact) mass is 340 g/mol. The highest BCUT2D eigenvalue weighted by atomic mass is 32.2. The highest BCUT2D eigenvalue weighted by Crippen LogP contribution is 2.32. The molecule has 0 fully saturated rings. The van der Waals surface area contributed by atoms with Gasteiger partial charge in [0, 0.05) is 5.54 Å². The fourth-order valence-electron chi connectivity index (χ4n) is 2.29. The number of carbonyl (C=O) groups excluding carboxylic acids is 1. The average Bonchev–Trinajstić information content (AvgIpc) is 2.31. The normalized spacial score (nSPS) is 12.8. The summed E-state index contributed by atoms with van der Waals surface area (Å²) >= 11 is 0. The molecule has 0 radical (unpaired) electrons. The zero-order valence-electron chi connectivity index (χ0n) is 15.1. The second-order valence-corrected chi connectivity index (χ2v) is 9.74. The van der Waals surface area contributed by atoms with Gasteiger partial charge in [0.25, 0.3) is 0 Å². The van der Waals surface area contributed by atoms with Crippen LogP contribution in [0.5, 0.6) is 0 Å². The van der Waals surface area contributed by atoms with E-state index in [0.29, 0.717) is 5.69 Å². The van der Waals surface area contributed by atoms with E-state index in [1.807, 2.05) is 53.7 Å². The molecule has 0 unspecified atom stereocenters. The first kappa shape index (κ1) is 19.5. The van der Waals surface area contributed by atoms with Gasteiger partial charge < -0.3 is 5.32 Å². The van der Waals surface area contributed by atoms with Crippen molar-refractivity contribution in [2.24, 2.45) is 0 Å². The maximum absolute atomic E-state index is 12.3. The molecule has 1 N–H and O–H groups in total. The van der Waals surface area contributed by atoms with Gasteiger partial charge in [-0.15, -0.1) is 0 Å². The maximum atomic E-state index is 12.3. The Kier molecular flexibility index (Phi) is 5.52. The maximum Gasteiger partial charge on any atom is 0.241 e. The van der Waals surface area contributed by atoms with Crippen LogP contribution in [0.1, 0.15) is 47.1 Å². The molecule has 0 heterocycles. The third-order valence-electron chi connectivity index (χ3n) is 3.18. The molecule has 1 aromatic rings. The highest BCUT2D eigenvalue weighted by molar-refractivity contribution is 7.92. The van der Waals surface area contributed by atoms with Crippen molar-refractivity contribution >= 4 is 21.6 Å². The summed E-state index contributed by atoms with van der Waals surface area (Å²) in [4.78, 5) is 12.2. The van der Waals surface area contributed by atoms with Crippen LogP contribution in [0, 0.1) is 0 Å². The predicted octanol–water partition coefficient (Wildman–Crippen LogP) is 2.66. The molecule has 0 aromatic heterocycles. The smallest absolute Gasteiger partial charge is 0.241 e. The van der Waals surface area contributed by atoms with Crippen LogP contribution in [0.15, 0.2) is 24.3 Å². The van der Waals surface area contributed by atoms with E-state index in [-0.39, 0.29) is 17.9 Å². The van der Waals surface area contributed by atoms with Crippen molar-refractivity contribution in [3.05, 3.63) is 29.8 Å². The highest BCUT2D eigenvalue weighted by Gasteiger charge is 2.28. The van der Waals surface area contributed by atoms with Gasteiger partial charge in [-0.05, 0) is 37.8 Å². The number of amides is 1. The van der Waals surface area contributed by atoms with Crippen molar-refractivity contribution < 1.29 is 13.2 Å². The summed E-state index contributed by atoms with van der Waals surface area (Å²) in [5, 5.41) is 2.80. The minimum atomic E-state index is -3.58. The van der Waals surface area contributed by atoms with Gasteiger partial charge in [0.2, 0.25) is 15.9 Å². The number of para-hydroxylation sites is 1. The lowest BCUT2D eigenvalue weighted by atomic mass is 9.86. The summed E-state index contributed by atoms with van der Waals surface area (Å²) in [6, 6.07) is 7.30. The number of nitrogens with one attached hydrogen (secondary N) is 1.